The molecule has 1 fully saturated rings. The summed E-state index contributed by atoms with van der Waals surface area (Å²) in [6, 6.07) is 13.5. The molecule has 0 saturated carbocycles. The lowest BCUT2D eigenvalue weighted by molar-refractivity contribution is 0.0374. The van der Waals surface area contributed by atoms with E-state index in [2.05, 4.69) is 10.2 Å². The first kappa shape index (κ1) is 21.8. The van der Waals surface area contributed by atoms with Gasteiger partial charge in [-0.1, -0.05) is 18.2 Å². The SMILES string of the molecule is CC1Cc2cc(C(=O)NCCCN3CCOCC3)ccc2N1S(=O)(=O)c1ccccc1. The summed E-state index contributed by atoms with van der Waals surface area (Å²) < 4.78 is 33.2. The zero-order valence-corrected chi connectivity index (χ0v) is 18.6. The van der Waals surface area contributed by atoms with Crippen molar-refractivity contribution in [2.24, 2.45) is 0 Å². The number of ether oxygens (including phenoxy) is 1. The van der Waals surface area contributed by atoms with E-state index in [4.69, 9.17) is 4.74 Å². The van der Waals surface area contributed by atoms with Gasteiger partial charge >= 0.3 is 0 Å². The molecule has 166 valence electrons. The molecule has 2 aliphatic rings. The Labute approximate surface area is 184 Å². The summed E-state index contributed by atoms with van der Waals surface area (Å²) in [7, 11) is -3.64. The van der Waals surface area contributed by atoms with Gasteiger partial charge in [-0.3, -0.25) is 14.0 Å². The highest BCUT2D eigenvalue weighted by Gasteiger charge is 2.36. The number of anilines is 1. The van der Waals surface area contributed by atoms with Gasteiger partial charge < -0.3 is 10.1 Å². The largest absolute Gasteiger partial charge is 0.379 e. The molecule has 0 spiro atoms. The lowest BCUT2D eigenvalue weighted by atomic mass is 10.1. The van der Waals surface area contributed by atoms with Gasteiger partial charge in [0.2, 0.25) is 0 Å². The van der Waals surface area contributed by atoms with E-state index < -0.39 is 10.0 Å². The lowest BCUT2D eigenvalue weighted by Crippen LogP contribution is -2.38. The Morgan fingerprint density at radius 2 is 1.87 bits per heavy atom. The van der Waals surface area contributed by atoms with Crippen LogP contribution in [0.3, 0.4) is 0 Å². The van der Waals surface area contributed by atoms with E-state index >= 15 is 0 Å². The van der Waals surface area contributed by atoms with Gasteiger partial charge in [0.1, 0.15) is 0 Å². The molecule has 0 aliphatic carbocycles. The van der Waals surface area contributed by atoms with E-state index in [9.17, 15) is 13.2 Å². The van der Waals surface area contributed by atoms with Gasteiger partial charge in [-0.25, -0.2) is 8.42 Å². The number of morpholine rings is 1. The fraction of sp³-hybridized carbons (Fsp3) is 0.435. The summed E-state index contributed by atoms with van der Waals surface area (Å²) >= 11 is 0. The van der Waals surface area contributed by atoms with Crippen LogP contribution in [0, 0.1) is 0 Å². The van der Waals surface area contributed by atoms with E-state index in [0.29, 0.717) is 24.2 Å². The molecular formula is C23H29N3O4S. The van der Waals surface area contributed by atoms with Crippen LogP contribution in [0.1, 0.15) is 29.3 Å². The Hall–Kier alpha value is -2.42. The number of nitrogens with zero attached hydrogens (tertiary/aromatic N) is 2. The minimum atomic E-state index is -3.64. The van der Waals surface area contributed by atoms with Gasteiger partial charge in [0.05, 0.1) is 23.8 Å². The van der Waals surface area contributed by atoms with Gasteiger partial charge in [0.15, 0.2) is 0 Å². The van der Waals surface area contributed by atoms with Crippen LogP contribution in [-0.2, 0) is 21.2 Å². The van der Waals surface area contributed by atoms with Crippen LogP contribution >= 0.6 is 0 Å². The maximum Gasteiger partial charge on any atom is 0.264 e. The van der Waals surface area contributed by atoms with Crippen molar-refractivity contribution in [1.82, 2.24) is 10.2 Å². The third kappa shape index (κ3) is 4.76. The standard InChI is InChI=1S/C23H29N3O4S/c1-18-16-20-17-19(23(27)24-10-5-11-25-12-14-30-15-13-25)8-9-22(20)26(18)31(28,29)21-6-3-2-4-7-21/h2-4,6-9,17-18H,5,10-16H2,1H3,(H,24,27). The normalized spacial score (nSPS) is 19.3. The molecular weight excluding hydrogens is 414 g/mol. The number of hydrogen-bond donors (Lipinski definition) is 1. The molecule has 0 aromatic heterocycles. The number of carbonyl (C=O) groups excluding carboxylic acids is 1. The molecule has 1 amide bonds. The molecule has 8 heteroatoms. The second-order valence-electron chi connectivity index (χ2n) is 8.07. The van der Waals surface area contributed by atoms with Crippen molar-refractivity contribution in [3.8, 4) is 0 Å². The van der Waals surface area contributed by atoms with Gasteiger partial charge in [-0.2, -0.15) is 0 Å². The summed E-state index contributed by atoms with van der Waals surface area (Å²) in [5.41, 5.74) is 2.10. The molecule has 2 aromatic rings. The molecule has 4 rings (SSSR count). The van der Waals surface area contributed by atoms with Gasteiger partial charge in [-0.05, 0) is 62.2 Å². The van der Waals surface area contributed by atoms with Crippen LogP contribution < -0.4 is 9.62 Å². The Balaban J connectivity index is 1.41. The number of rotatable bonds is 7. The van der Waals surface area contributed by atoms with Gasteiger partial charge in [0, 0.05) is 31.2 Å². The summed E-state index contributed by atoms with van der Waals surface area (Å²) in [5.74, 6) is -0.123. The van der Waals surface area contributed by atoms with Crippen molar-refractivity contribution in [3.05, 3.63) is 59.7 Å². The lowest BCUT2D eigenvalue weighted by Gasteiger charge is -2.26. The summed E-state index contributed by atoms with van der Waals surface area (Å²) in [6.07, 6.45) is 1.47. The molecule has 0 radical (unpaired) electrons. The Morgan fingerprint density at radius 3 is 2.61 bits per heavy atom. The molecule has 1 unspecified atom stereocenters. The predicted molar refractivity (Wildman–Crippen MR) is 120 cm³/mol. The smallest absolute Gasteiger partial charge is 0.264 e. The number of amides is 1. The third-order valence-corrected chi connectivity index (χ3v) is 7.78. The zero-order valence-electron chi connectivity index (χ0n) is 17.8. The Morgan fingerprint density at radius 1 is 1.13 bits per heavy atom. The van der Waals surface area contributed by atoms with E-state index in [1.54, 1.807) is 42.5 Å². The van der Waals surface area contributed by atoms with E-state index in [-0.39, 0.29) is 16.8 Å². The second kappa shape index (κ2) is 9.38. The molecule has 7 nitrogen and oxygen atoms in total. The first-order chi connectivity index (χ1) is 15.0. The molecule has 31 heavy (non-hydrogen) atoms. The molecule has 1 saturated heterocycles. The molecule has 1 N–H and O–H groups in total. The van der Waals surface area contributed by atoms with Crippen LogP contribution in [0.2, 0.25) is 0 Å². The van der Waals surface area contributed by atoms with Crippen molar-refractivity contribution in [2.75, 3.05) is 43.7 Å². The highest BCUT2D eigenvalue weighted by atomic mass is 32.2. The van der Waals surface area contributed by atoms with Crippen LogP contribution in [-0.4, -0.2) is 64.7 Å². The summed E-state index contributed by atoms with van der Waals surface area (Å²) in [6.45, 7) is 6.88. The van der Waals surface area contributed by atoms with Crippen LogP contribution in [0.15, 0.2) is 53.4 Å². The van der Waals surface area contributed by atoms with Crippen molar-refractivity contribution >= 4 is 21.6 Å². The molecule has 1 atom stereocenters. The van der Waals surface area contributed by atoms with Gasteiger partial charge in [-0.15, -0.1) is 0 Å². The number of hydrogen-bond acceptors (Lipinski definition) is 5. The first-order valence-electron chi connectivity index (χ1n) is 10.8. The number of benzene rings is 2. The van der Waals surface area contributed by atoms with Crippen LogP contribution in [0.5, 0.6) is 0 Å². The van der Waals surface area contributed by atoms with Crippen molar-refractivity contribution < 1.29 is 17.9 Å². The first-order valence-corrected chi connectivity index (χ1v) is 12.2. The summed E-state index contributed by atoms with van der Waals surface area (Å²) in [5, 5.41) is 2.98. The monoisotopic (exact) mass is 443 g/mol. The quantitative estimate of drug-likeness (QED) is 0.665. The minimum absolute atomic E-state index is 0.123. The third-order valence-electron chi connectivity index (χ3n) is 5.84. The average Bonchev–Trinajstić information content (AvgIpc) is 3.13. The fourth-order valence-corrected chi connectivity index (χ4v) is 5.96. The van der Waals surface area contributed by atoms with E-state index in [0.717, 1.165) is 44.8 Å². The molecule has 2 aromatic carbocycles. The number of fused-ring (bicyclic) bond motifs is 1. The van der Waals surface area contributed by atoms with E-state index in [1.807, 2.05) is 13.0 Å². The maximum atomic E-state index is 13.2. The van der Waals surface area contributed by atoms with Crippen LogP contribution in [0.25, 0.3) is 0 Å². The number of nitrogens with one attached hydrogen (secondary N) is 1. The molecule has 2 heterocycles. The molecule has 2 aliphatic heterocycles. The van der Waals surface area contributed by atoms with Crippen molar-refractivity contribution in [1.29, 1.82) is 0 Å². The topological polar surface area (TPSA) is 79.0 Å². The number of sulfonamides is 1. The highest BCUT2D eigenvalue weighted by Crippen LogP contribution is 2.37. The Bertz CT molecular complexity index is 1020. The maximum absolute atomic E-state index is 13.2. The summed E-state index contributed by atoms with van der Waals surface area (Å²) in [4.78, 5) is 15.2. The highest BCUT2D eigenvalue weighted by molar-refractivity contribution is 7.92. The van der Waals surface area contributed by atoms with Crippen molar-refractivity contribution in [3.63, 3.8) is 0 Å². The van der Waals surface area contributed by atoms with E-state index in [1.165, 1.54) is 4.31 Å². The average molecular weight is 444 g/mol. The fourth-order valence-electron chi connectivity index (χ4n) is 4.25. The van der Waals surface area contributed by atoms with Gasteiger partial charge in [0.25, 0.3) is 15.9 Å². The molecule has 0 bridgehead atoms. The zero-order chi connectivity index (χ0) is 21.8. The predicted octanol–water partition coefficient (Wildman–Crippen LogP) is 2.28. The van der Waals surface area contributed by atoms with Crippen molar-refractivity contribution in [2.45, 2.75) is 30.7 Å². The Kier molecular flexibility index (Phi) is 6.60. The minimum Gasteiger partial charge on any atom is -0.379 e. The second-order valence-corrected chi connectivity index (χ2v) is 9.89. The number of carbonyl (C=O) groups is 1. The van der Waals surface area contributed by atoms with Crippen LogP contribution in [0.4, 0.5) is 5.69 Å².